The van der Waals surface area contributed by atoms with Crippen LogP contribution in [0.3, 0.4) is 0 Å². The number of carbonyl (C=O) groups is 2. The monoisotopic (exact) mass is 385 g/mol. The second kappa shape index (κ2) is 10.4. The van der Waals surface area contributed by atoms with Crippen LogP contribution < -0.4 is 11.1 Å². The van der Waals surface area contributed by atoms with E-state index in [9.17, 15) is 14.7 Å². The van der Waals surface area contributed by atoms with Gasteiger partial charge in [0.05, 0.1) is 12.6 Å². The fourth-order valence-electron chi connectivity index (χ4n) is 3.01. The number of nitrogens with two attached hydrogens (primary N) is 1. The summed E-state index contributed by atoms with van der Waals surface area (Å²) in [5.74, 6) is -0.829. The third-order valence-corrected chi connectivity index (χ3v) is 4.50. The maximum absolute atomic E-state index is 12.9. The molecule has 1 aliphatic rings. The van der Waals surface area contributed by atoms with Crippen LogP contribution in [0, 0.1) is 0 Å². The van der Waals surface area contributed by atoms with E-state index >= 15 is 0 Å². The van der Waals surface area contributed by atoms with Crippen molar-refractivity contribution in [3.8, 4) is 0 Å². The lowest BCUT2D eigenvalue weighted by Crippen LogP contribution is -2.49. The summed E-state index contributed by atoms with van der Waals surface area (Å²) in [6.07, 6.45) is 4.54. The van der Waals surface area contributed by atoms with Gasteiger partial charge in [-0.2, -0.15) is 0 Å². The Morgan fingerprint density at radius 3 is 2.75 bits per heavy atom. The van der Waals surface area contributed by atoms with Crippen molar-refractivity contribution < 1.29 is 19.4 Å². The number of carbonyl (C=O) groups excluding carboxylic acids is 2. The molecule has 0 fully saturated rings. The molecule has 1 aromatic carbocycles. The van der Waals surface area contributed by atoms with Crippen LogP contribution in [0.1, 0.15) is 48.5 Å². The Morgan fingerprint density at radius 2 is 2.07 bits per heavy atom. The van der Waals surface area contributed by atoms with Crippen LogP contribution in [0.4, 0.5) is 0 Å². The molecule has 0 bridgehead atoms. The number of fused-ring (bicyclic) bond motifs is 1. The van der Waals surface area contributed by atoms with Gasteiger partial charge < -0.3 is 20.9 Å². The van der Waals surface area contributed by atoms with Crippen molar-refractivity contribution in [2.75, 3.05) is 6.61 Å². The zero-order valence-electron chi connectivity index (χ0n) is 16.1. The molecule has 0 aromatic heterocycles. The van der Waals surface area contributed by atoms with Crippen molar-refractivity contribution >= 4 is 17.5 Å². The molecule has 150 valence electrons. The van der Waals surface area contributed by atoms with E-state index in [-0.39, 0.29) is 0 Å². The minimum atomic E-state index is -1.45. The summed E-state index contributed by atoms with van der Waals surface area (Å²) >= 11 is 0. The number of nitrogens with one attached hydrogen (secondary N) is 1. The minimum Gasteiger partial charge on any atom is -0.478 e. The van der Waals surface area contributed by atoms with Gasteiger partial charge in [-0.25, -0.2) is 4.99 Å². The first-order valence-corrected chi connectivity index (χ1v) is 9.32. The number of allylic oxidation sites excluding steroid dienone is 2. The molecule has 2 rings (SSSR count). The molecule has 2 atom stereocenters. The standard InChI is InChI=1S/C21H27N3O4/c1-3-9-18-23-14(2)15-10-6-7-11-16(15)21(27)24-17(19(25)20(22)26)12-5-4-8-13-28-18/h3,6-7,9-11,17,19,25H,1,4-5,8,12-13H2,2H3,(H2,22,26)(H,24,27)/b18-9+,23-14+/t17-,19?/m0/s1. The molecule has 28 heavy (non-hydrogen) atoms. The van der Waals surface area contributed by atoms with Crippen molar-refractivity contribution in [3.63, 3.8) is 0 Å². The molecule has 0 aliphatic carbocycles. The van der Waals surface area contributed by atoms with E-state index in [1.165, 1.54) is 0 Å². The smallest absolute Gasteiger partial charge is 0.252 e. The Kier molecular flexibility index (Phi) is 7.95. The number of benzene rings is 1. The highest BCUT2D eigenvalue weighted by Gasteiger charge is 2.26. The lowest BCUT2D eigenvalue weighted by Gasteiger charge is -2.23. The van der Waals surface area contributed by atoms with Gasteiger partial charge in [0, 0.05) is 16.8 Å². The third kappa shape index (κ3) is 5.79. The van der Waals surface area contributed by atoms with Gasteiger partial charge in [0.1, 0.15) is 0 Å². The molecule has 7 heteroatoms. The van der Waals surface area contributed by atoms with E-state index in [0.717, 1.165) is 12.8 Å². The van der Waals surface area contributed by atoms with Crippen molar-refractivity contribution in [3.05, 3.63) is 60.0 Å². The van der Waals surface area contributed by atoms with Crippen LogP contribution in [-0.4, -0.2) is 41.4 Å². The van der Waals surface area contributed by atoms with E-state index in [2.05, 4.69) is 16.9 Å². The summed E-state index contributed by atoms with van der Waals surface area (Å²) in [5, 5.41) is 12.9. The van der Waals surface area contributed by atoms with E-state index in [0.29, 0.717) is 42.2 Å². The minimum absolute atomic E-state index is 0.389. The van der Waals surface area contributed by atoms with Crippen LogP contribution in [0.25, 0.3) is 0 Å². The molecule has 0 radical (unpaired) electrons. The molecule has 7 nitrogen and oxygen atoms in total. The quantitative estimate of drug-likeness (QED) is 0.739. The summed E-state index contributed by atoms with van der Waals surface area (Å²) in [6.45, 7) is 5.95. The number of aliphatic hydroxyl groups excluding tert-OH is 1. The summed E-state index contributed by atoms with van der Waals surface area (Å²) in [5.41, 5.74) is 6.86. The highest BCUT2D eigenvalue weighted by Crippen LogP contribution is 2.16. The largest absolute Gasteiger partial charge is 0.478 e. The zero-order chi connectivity index (χ0) is 20.5. The number of hydrogen-bond acceptors (Lipinski definition) is 5. The number of ether oxygens (including phenoxy) is 1. The maximum Gasteiger partial charge on any atom is 0.252 e. The first kappa shape index (κ1) is 21.4. The molecule has 1 unspecified atom stereocenters. The Balaban J connectivity index is 2.43. The Labute approximate surface area is 165 Å². The van der Waals surface area contributed by atoms with Gasteiger partial charge in [0.2, 0.25) is 11.8 Å². The average molecular weight is 385 g/mol. The number of aliphatic imine (C=N–C) groups is 1. The van der Waals surface area contributed by atoms with E-state index in [1.54, 1.807) is 37.3 Å². The van der Waals surface area contributed by atoms with Crippen LogP contribution in [-0.2, 0) is 9.53 Å². The van der Waals surface area contributed by atoms with E-state index in [4.69, 9.17) is 10.5 Å². The van der Waals surface area contributed by atoms with Gasteiger partial charge in [-0.15, -0.1) is 0 Å². The molecular formula is C21H27N3O4. The predicted molar refractivity (Wildman–Crippen MR) is 108 cm³/mol. The van der Waals surface area contributed by atoms with Gasteiger partial charge in [0.25, 0.3) is 5.91 Å². The normalized spacial score (nSPS) is 23.2. The lowest BCUT2D eigenvalue weighted by molar-refractivity contribution is -0.127. The first-order chi connectivity index (χ1) is 13.4. The predicted octanol–water partition coefficient (Wildman–Crippen LogP) is 2.06. The fourth-order valence-corrected chi connectivity index (χ4v) is 3.01. The summed E-state index contributed by atoms with van der Waals surface area (Å²) in [7, 11) is 0. The number of amides is 2. The van der Waals surface area contributed by atoms with E-state index in [1.807, 2.05) is 6.07 Å². The molecule has 1 heterocycles. The zero-order valence-corrected chi connectivity index (χ0v) is 16.1. The second-order valence-corrected chi connectivity index (χ2v) is 6.61. The number of rotatable bonds is 3. The summed E-state index contributed by atoms with van der Waals surface area (Å²) in [6, 6.07) is 6.24. The van der Waals surface area contributed by atoms with Crippen molar-refractivity contribution in [2.45, 2.75) is 44.8 Å². The van der Waals surface area contributed by atoms with Crippen LogP contribution in [0.15, 0.2) is 53.9 Å². The van der Waals surface area contributed by atoms with Crippen molar-refractivity contribution in [1.82, 2.24) is 5.32 Å². The van der Waals surface area contributed by atoms with Crippen LogP contribution in [0.2, 0.25) is 0 Å². The molecule has 4 N–H and O–H groups in total. The molecule has 1 aromatic rings. The highest BCUT2D eigenvalue weighted by molar-refractivity contribution is 6.09. The van der Waals surface area contributed by atoms with Gasteiger partial charge in [-0.3, -0.25) is 9.59 Å². The van der Waals surface area contributed by atoms with E-state index < -0.39 is 24.0 Å². The van der Waals surface area contributed by atoms with Gasteiger partial charge in [0.15, 0.2) is 6.10 Å². The molecule has 0 spiro atoms. The number of primary amides is 1. The fraction of sp³-hybridized carbons (Fsp3) is 0.381. The van der Waals surface area contributed by atoms with Crippen molar-refractivity contribution in [2.24, 2.45) is 10.7 Å². The number of aliphatic hydroxyl groups is 1. The summed E-state index contributed by atoms with van der Waals surface area (Å²) < 4.78 is 5.73. The average Bonchev–Trinajstić information content (AvgIpc) is 2.68. The lowest BCUT2D eigenvalue weighted by atomic mass is 9.99. The van der Waals surface area contributed by atoms with Gasteiger partial charge in [-0.05, 0) is 38.3 Å². The second-order valence-electron chi connectivity index (χ2n) is 6.61. The Bertz CT molecular complexity index is 786. The van der Waals surface area contributed by atoms with Crippen LogP contribution >= 0.6 is 0 Å². The van der Waals surface area contributed by atoms with Gasteiger partial charge in [-0.1, -0.05) is 37.3 Å². The Hall–Kier alpha value is -2.93. The first-order valence-electron chi connectivity index (χ1n) is 9.32. The molecule has 0 saturated carbocycles. The topological polar surface area (TPSA) is 114 Å². The summed E-state index contributed by atoms with van der Waals surface area (Å²) in [4.78, 5) is 28.8. The van der Waals surface area contributed by atoms with Crippen LogP contribution in [0.5, 0.6) is 0 Å². The number of nitrogens with zero attached hydrogens (tertiary/aromatic N) is 1. The highest BCUT2D eigenvalue weighted by atomic mass is 16.5. The third-order valence-electron chi connectivity index (χ3n) is 4.50. The Morgan fingerprint density at radius 1 is 1.36 bits per heavy atom. The molecule has 1 aliphatic heterocycles. The molecule has 0 saturated heterocycles. The maximum atomic E-state index is 12.9. The molecule has 2 amide bonds. The van der Waals surface area contributed by atoms with Crippen molar-refractivity contribution in [1.29, 1.82) is 0 Å². The number of hydrogen-bond donors (Lipinski definition) is 3. The molecular weight excluding hydrogens is 358 g/mol. The van der Waals surface area contributed by atoms with Gasteiger partial charge >= 0.3 is 0 Å². The SMILES string of the molecule is C=C/C=C1\N=C(/C)c2ccccc2C(=O)N[C@H](C(O)C(N)=O)CCCCCO1.